The summed E-state index contributed by atoms with van der Waals surface area (Å²) in [6, 6.07) is 13.4. The maximum absolute atomic E-state index is 12.7. The molecule has 12 heteroatoms. The molecule has 166 valence electrons. The van der Waals surface area contributed by atoms with Gasteiger partial charge in [-0.15, -0.1) is 0 Å². The Balaban J connectivity index is 1.87. The lowest BCUT2D eigenvalue weighted by molar-refractivity contribution is -0.384. The first kappa shape index (κ1) is 22.4. The molecule has 0 atom stereocenters. The third-order valence-electron chi connectivity index (χ3n) is 4.23. The average Bonchev–Trinajstić information content (AvgIpc) is 2.75. The molecule has 0 aliphatic carbocycles. The molecule has 0 saturated heterocycles. The lowest BCUT2D eigenvalue weighted by Crippen LogP contribution is -2.14. The van der Waals surface area contributed by atoms with Gasteiger partial charge in [-0.05, 0) is 36.4 Å². The van der Waals surface area contributed by atoms with Crippen LogP contribution in [0.4, 0.5) is 17.1 Å². The standard InChI is InChI=1S/C20H18N4O7S/c1-31-20-5-3-2-4-17(20)23-32(29,30)15-8-9-16(18(11-15)24(27)28)22-21-12-13-6-7-14(25)10-19(13)26/h2-12,22-23,25-26H,1H3/b21-12+. The van der Waals surface area contributed by atoms with Crippen LogP contribution in [0.5, 0.6) is 17.2 Å². The normalized spacial score (nSPS) is 11.3. The molecule has 0 unspecified atom stereocenters. The van der Waals surface area contributed by atoms with Crippen molar-refractivity contribution in [1.82, 2.24) is 0 Å². The zero-order valence-corrected chi connectivity index (χ0v) is 17.4. The quantitative estimate of drug-likeness (QED) is 0.227. The molecule has 3 aromatic carbocycles. The Bertz CT molecular complexity index is 1290. The zero-order chi connectivity index (χ0) is 23.3. The van der Waals surface area contributed by atoms with Crippen LogP contribution in [0.25, 0.3) is 0 Å². The number of phenolic OH excluding ortho intramolecular Hbond substituents is 2. The van der Waals surface area contributed by atoms with Crippen molar-refractivity contribution >= 4 is 33.3 Å². The third-order valence-corrected chi connectivity index (χ3v) is 5.59. The summed E-state index contributed by atoms with van der Waals surface area (Å²) < 4.78 is 32.9. The number of hydrazone groups is 1. The summed E-state index contributed by atoms with van der Waals surface area (Å²) in [6.07, 6.45) is 1.19. The van der Waals surface area contributed by atoms with Gasteiger partial charge in [0.2, 0.25) is 0 Å². The van der Waals surface area contributed by atoms with Crippen LogP contribution in [0, 0.1) is 10.1 Å². The van der Waals surface area contributed by atoms with E-state index in [1.807, 2.05) is 0 Å². The SMILES string of the molecule is COc1ccccc1NS(=O)(=O)c1ccc(N/N=C/c2ccc(O)cc2O)c([N+](=O)[O-])c1. The molecule has 0 aliphatic heterocycles. The first-order chi connectivity index (χ1) is 15.2. The van der Waals surface area contributed by atoms with E-state index in [9.17, 15) is 28.7 Å². The van der Waals surface area contributed by atoms with Gasteiger partial charge in [0.25, 0.3) is 15.7 Å². The van der Waals surface area contributed by atoms with Crippen molar-refractivity contribution in [1.29, 1.82) is 0 Å². The van der Waals surface area contributed by atoms with Crippen LogP contribution in [0.1, 0.15) is 5.56 Å². The van der Waals surface area contributed by atoms with Gasteiger partial charge in [-0.1, -0.05) is 12.1 Å². The maximum Gasteiger partial charge on any atom is 0.295 e. The minimum Gasteiger partial charge on any atom is -0.508 e. The molecule has 32 heavy (non-hydrogen) atoms. The molecule has 0 saturated carbocycles. The number of nitrogens with zero attached hydrogens (tertiary/aromatic N) is 2. The number of anilines is 2. The van der Waals surface area contributed by atoms with Crippen molar-refractivity contribution < 1.29 is 28.3 Å². The third kappa shape index (κ3) is 5.05. The second kappa shape index (κ2) is 9.22. The van der Waals surface area contributed by atoms with E-state index in [-0.39, 0.29) is 39.1 Å². The second-order valence-corrected chi connectivity index (χ2v) is 8.04. The number of nitro benzene ring substituents is 1. The minimum absolute atomic E-state index is 0.0687. The van der Waals surface area contributed by atoms with Gasteiger partial charge >= 0.3 is 0 Å². The first-order valence-corrected chi connectivity index (χ1v) is 10.4. The van der Waals surface area contributed by atoms with Crippen LogP contribution in [-0.2, 0) is 10.0 Å². The molecule has 0 radical (unpaired) electrons. The van der Waals surface area contributed by atoms with Crippen LogP contribution in [0.3, 0.4) is 0 Å². The van der Waals surface area contributed by atoms with E-state index in [1.54, 1.807) is 18.2 Å². The largest absolute Gasteiger partial charge is 0.508 e. The molecule has 3 rings (SSSR count). The second-order valence-electron chi connectivity index (χ2n) is 6.35. The first-order valence-electron chi connectivity index (χ1n) is 8.96. The average molecular weight is 458 g/mol. The van der Waals surface area contributed by atoms with Crippen LogP contribution in [-0.4, -0.2) is 36.9 Å². The summed E-state index contributed by atoms with van der Waals surface area (Å²) in [4.78, 5) is 10.4. The van der Waals surface area contributed by atoms with Gasteiger partial charge in [-0.3, -0.25) is 20.3 Å². The highest BCUT2D eigenvalue weighted by Gasteiger charge is 2.22. The van der Waals surface area contributed by atoms with Gasteiger partial charge in [-0.25, -0.2) is 8.42 Å². The summed E-state index contributed by atoms with van der Waals surface area (Å²) in [6.45, 7) is 0. The summed E-state index contributed by atoms with van der Waals surface area (Å²) in [5.74, 6) is -0.0913. The monoisotopic (exact) mass is 458 g/mol. The van der Waals surface area contributed by atoms with Gasteiger partial charge in [0.1, 0.15) is 22.9 Å². The Kier molecular flexibility index (Phi) is 6.45. The zero-order valence-electron chi connectivity index (χ0n) is 16.6. The summed E-state index contributed by atoms with van der Waals surface area (Å²) in [7, 11) is -2.76. The highest BCUT2D eigenvalue weighted by molar-refractivity contribution is 7.92. The number of hydrogen-bond donors (Lipinski definition) is 4. The van der Waals surface area contributed by atoms with Crippen LogP contribution < -0.4 is 14.9 Å². The number of nitro groups is 1. The topological polar surface area (TPSA) is 163 Å². The fraction of sp³-hybridized carbons (Fsp3) is 0.0500. The molecule has 0 spiro atoms. The van der Waals surface area contributed by atoms with Gasteiger partial charge in [0, 0.05) is 17.7 Å². The molecule has 0 bridgehead atoms. The van der Waals surface area contributed by atoms with E-state index in [4.69, 9.17) is 4.74 Å². The Morgan fingerprint density at radius 1 is 1.06 bits per heavy atom. The van der Waals surface area contributed by atoms with E-state index in [1.165, 1.54) is 43.7 Å². The van der Waals surface area contributed by atoms with Crippen LogP contribution in [0.2, 0.25) is 0 Å². The molecular formula is C20H18N4O7S. The van der Waals surface area contributed by atoms with E-state index >= 15 is 0 Å². The summed E-state index contributed by atoms with van der Waals surface area (Å²) in [5, 5.41) is 34.4. The lowest BCUT2D eigenvalue weighted by Gasteiger charge is -2.12. The molecule has 0 aromatic heterocycles. The number of hydrogen-bond acceptors (Lipinski definition) is 9. The van der Waals surface area contributed by atoms with E-state index < -0.39 is 20.6 Å². The van der Waals surface area contributed by atoms with Gasteiger partial charge < -0.3 is 14.9 Å². The van der Waals surface area contributed by atoms with Crippen molar-refractivity contribution in [2.45, 2.75) is 4.90 Å². The molecule has 0 fully saturated rings. The van der Waals surface area contributed by atoms with Crippen LogP contribution >= 0.6 is 0 Å². The minimum atomic E-state index is -4.15. The predicted octanol–water partition coefficient (Wildman–Crippen LogP) is 3.26. The number of benzene rings is 3. The summed E-state index contributed by atoms with van der Waals surface area (Å²) in [5.41, 5.74) is 2.28. The van der Waals surface area contributed by atoms with Crippen molar-refractivity contribution in [3.8, 4) is 17.2 Å². The van der Waals surface area contributed by atoms with Gasteiger partial charge in [-0.2, -0.15) is 5.10 Å². The number of aromatic hydroxyl groups is 2. The van der Waals surface area contributed by atoms with Crippen molar-refractivity contribution in [3.05, 3.63) is 76.3 Å². The molecule has 3 aromatic rings. The van der Waals surface area contributed by atoms with Crippen molar-refractivity contribution in [2.24, 2.45) is 5.10 Å². The van der Waals surface area contributed by atoms with Gasteiger partial charge in [0.05, 0.1) is 28.8 Å². The molecule has 11 nitrogen and oxygen atoms in total. The molecular weight excluding hydrogens is 440 g/mol. The smallest absolute Gasteiger partial charge is 0.295 e. The fourth-order valence-corrected chi connectivity index (χ4v) is 3.76. The molecule has 4 N–H and O–H groups in total. The van der Waals surface area contributed by atoms with Crippen LogP contribution in [0.15, 0.2) is 70.7 Å². The molecule has 0 heterocycles. The van der Waals surface area contributed by atoms with E-state index in [0.29, 0.717) is 0 Å². The highest BCUT2D eigenvalue weighted by Crippen LogP contribution is 2.31. The van der Waals surface area contributed by atoms with Crippen molar-refractivity contribution in [3.63, 3.8) is 0 Å². The number of sulfonamides is 1. The lowest BCUT2D eigenvalue weighted by atomic mass is 10.2. The number of phenols is 2. The number of nitrogens with one attached hydrogen (secondary N) is 2. The number of ether oxygens (including phenoxy) is 1. The molecule has 0 amide bonds. The maximum atomic E-state index is 12.7. The van der Waals surface area contributed by atoms with Gasteiger partial charge in [0.15, 0.2) is 0 Å². The number of rotatable bonds is 8. The van der Waals surface area contributed by atoms with E-state index in [2.05, 4.69) is 15.2 Å². The number of para-hydroxylation sites is 2. The Morgan fingerprint density at radius 3 is 2.50 bits per heavy atom. The Morgan fingerprint density at radius 2 is 1.81 bits per heavy atom. The highest BCUT2D eigenvalue weighted by atomic mass is 32.2. The summed E-state index contributed by atoms with van der Waals surface area (Å²) >= 11 is 0. The predicted molar refractivity (Wildman–Crippen MR) is 118 cm³/mol. The Labute approximate surface area is 182 Å². The molecule has 0 aliphatic rings. The van der Waals surface area contributed by atoms with Crippen molar-refractivity contribution in [2.75, 3.05) is 17.3 Å². The number of methoxy groups -OCH3 is 1. The Hall–Kier alpha value is -4.32. The van der Waals surface area contributed by atoms with E-state index in [0.717, 1.165) is 12.1 Å². The fourth-order valence-electron chi connectivity index (χ4n) is 2.67.